The Labute approximate surface area is 210 Å². The smallest absolute Gasteiger partial charge is 0.234 e. The number of carbonyl (C=O) groups excluding carboxylic acids is 2. The molecular formula is C26H34N4O2S2. The van der Waals surface area contributed by atoms with Crippen LogP contribution in [0.1, 0.15) is 34.7 Å². The molecule has 6 nitrogen and oxygen atoms in total. The van der Waals surface area contributed by atoms with Crippen LogP contribution in [0.4, 0.5) is 0 Å². The Kier molecular flexibility index (Phi) is 10.8. The number of likely N-dealkylation sites (N-methyl/N-ethyl adjacent to an activating group) is 2. The standard InChI is InChI=1S/C26H34N4O2S2/c1-3-29(19-25(31)27-15-23-7-5-13-33-23)17-21-9-11-22(12-10-21)18-30(4-2)20-26(32)28-16-24-8-6-14-34-24/h5-14H,3-4,15-20H2,1-2H3,(H,27,31)(H,28,32). The van der Waals surface area contributed by atoms with Crippen molar-refractivity contribution in [3.63, 3.8) is 0 Å². The third-order valence-electron chi connectivity index (χ3n) is 5.54. The van der Waals surface area contributed by atoms with Crippen LogP contribution in [0, 0.1) is 0 Å². The van der Waals surface area contributed by atoms with Gasteiger partial charge in [-0.15, -0.1) is 22.7 Å². The van der Waals surface area contributed by atoms with Crippen LogP contribution in [0.25, 0.3) is 0 Å². The first-order valence-corrected chi connectivity index (χ1v) is 13.4. The zero-order valence-electron chi connectivity index (χ0n) is 20.0. The van der Waals surface area contributed by atoms with Gasteiger partial charge in [-0.05, 0) is 47.1 Å². The zero-order chi connectivity index (χ0) is 24.2. The molecular weight excluding hydrogens is 464 g/mol. The summed E-state index contributed by atoms with van der Waals surface area (Å²) in [5.74, 6) is 0.0885. The van der Waals surface area contributed by atoms with Crippen LogP contribution < -0.4 is 10.6 Å². The van der Waals surface area contributed by atoms with E-state index in [2.05, 4.69) is 58.5 Å². The predicted octanol–water partition coefficient (Wildman–Crippen LogP) is 4.09. The molecule has 0 radical (unpaired) electrons. The first-order chi connectivity index (χ1) is 16.6. The molecule has 0 aliphatic carbocycles. The van der Waals surface area contributed by atoms with Gasteiger partial charge < -0.3 is 10.6 Å². The van der Waals surface area contributed by atoms with Crippen molar-refractivity contribution in [2.45, 2.75) is 40.0 Å². The fourth-order valence-electron chi connectivity index (χ4n) is 3.54. The van der Waals surface area contributed by atoms with E-state index in [1.807, 2.05) is 35.0 Å². The van der Waals surface area contributed by atoms with Crippen LogP contribution in [0.5, 0.6) is 0 Å². The van der Waals surface area contributed by atoms with Crippen molar-refractivity contribution in [1.82, 2.24) is 20.4 Å². The molecule has 0 unspecified atom stereocenters. The summed E-state index contributed by atoms with van der Waals surface area (Å²) in [5.41, 5.74) is 2.35. The number of thiophene rings is 2. The van der Waals surface area contributed by atoms with Crippen LogP contribution in [-0.2, 0) is 35.8 Å². The molecule has 2 N–H and O–H groups in total. The molecule has 182 valence electrons. The van der Waals surface area contributed by atoms with Gasteiger partial charge in [0.2, 0.25) is 11.8 Å². The minimum atomic E-state index is 0.0443. The summed E-state index contributed by atoms with van der Waals surface area (Å²) >= 11 is 3.30. The number of rotatable bonds is 14. The summed E-state index contributed by atoms with van der Waals surface area (Å²) in [6, 6.07) is 16.5. The molecule has 3 aromatic rings. The lowest BCUT2D eigenvalue weighted by molar-refractivity contribution is -0.123. The first-order valence-electron chi connectivity index (χ1n) is 11.7. The Morgan fingerprint density at radius 2 is 1.12 bits per heavy atom. The molecule has 0 saturated heterocycles. The van der Waals surface area contributed by atoms with E-state index in [0.717, 1.165) is 35.9 Å². The fraction of sp³-hybridized carbons (Fsp3) is 0.385. The zero-order valence-corrected chi connectivity index (χ0v) is 21.6. The van der Waals surface area contributed by atoms with Crippen molar-refractivity contribution in [1.29, 1.82) is 0 Å². The summed E-state index contributed by atoms with van der Waals surface area (Å²) < 4.78 is 0. The fourth-order valence-corrected chi connectivity index (χ4v) is 4.83. The van der Waals surface area contributed by atoms with Crippen molar-refractivity contribution in [3.05, 3.63) is 80.2 Å². The van der Waals surface area contributed by atoms with Gasteiger partial charge in [-0.2, -0.15) is 0 Å². The third-order valence-corrected chi connectivity index (χ3v) is 7.30. The van der Waals surface area contributed by atoms with Gasteiger partial charge in [-0.3, -0.25) is 19.4 Å². The number of amides is 2. The van der Waals surface area contributed by atoms with Gasteiger partial charge in [0.1, 0.15) is 0 Å². The second-order valence-electron chi connectivity index (χ2n) is 8.14. The largest absolute Gasteiger partial charge is 0.350 e. The van der Waals surface area contributed by atoms with Crippen LogP contribution in [-0.4, -0.2) is 47.8 Å². The molecule has 0 aliphatic heterocycles. The van der Waals surface area contributed by atoms with Crippen molar-refractivity contribution in [2.75, 3.05) is 26.2 Å². The highest BCUT2D eigenvalue weighted by atomic mass is 32.1. The molecule has 2 heterocycles. The molecule has 0 atom stereocenters. The Bertz CT molecular complexity index is 907. The number of nitrogens with one attached hydrogen (secondary N) is 2. The van der Waals surface area contributed by atoms with Crippen LogP contribution in [0.15, 0.2) is 59.3 Å². The van der Waals surface area contributed by atoms with E-state index < -0.39 is 0 Å². The molecule has 0 fully saturated rings. The number of carbonyl (C=O) groups is 2. The number of hydrogen-bond acceptors (Lipinski definition) is 6. The van der Waals surface area contributed by atoms with Gasteiger partial charge in [-0.25, -0.2) is 0 Å². The van der Waals surface area contributed by atoms with E-state index in [1.165, 1.54) is 11.1 Å². The Balaban J connectivity index is 1.42. The maximum atomic E-state index is 12.3. The Morgan fingerprint density at radius 1 is 0.706 bits per heavy atom. The highest BCUT2D eigenvalue weighted by Crippen LogP contribution is 2.11. The monoisotopic (exact) mass is 498 g/mol. The minimum Gasteiger partial charge on any atom is -0.350 e. The van der Waals surface area contributed by atoms with Gasteiger partial charge in [-0.1, -0.05) is 50.2 Å². The van der Waals surface area contributed by atoms with E-state index in [0.29, 0.717) is 26.2 Å². The third kappa shape index (κ3) is 9.02. The van der Waals surface area contributed by atoms with Gasteiger partial charge in [0, 0.05) is 22.8 Å². The van der Waals surface area contributed by atoms with Gasteiger partial charge in [0.25, 0.3) is 0 Å². The van der Waals surface area contributed by atoms with Crippen molar-refractivity contribution in [3.8, 4) is 0 Å². The molecule has 34 heavy (non-hydrogen) atoms. The van der Waals surface area contributed by atoms with Crippen LogP contribution in [0.2, 0.25) is 0 Å². The molecule has 0 aliphatic rings. The summed E-state index contributed by atoms with van der Waals surface area (Å²) in [5, 5.41) is 10.0. The number of hydrogen-bond donors (Lipinski definition) is 2. The van der Waals surface area contributed by atoms with Crippen molar-refractivity contribution >= 4 is 34.5 Å². The summed E-state index contributed by atoms with van der Waals surface area (Å²) in [7, 11) is 0. The summed E-state index contributed by atoms with van der Waals surface area (Å²) in [6.45, 7) is 9.15. The topological polar surface area (TPSA) is 64.7 Å². The van der Waals surface area contributed by atoms with Gasteiger partial charge in [0.15, 0.2) is 0 Å². The minimum absolute atomic E-state index is 0.0443. The lowest BCUT2D eigenvalue weighted by atomic mass is 10.1. The number of nitrogens with zero attached hydrogens (tertiary/aromatic N) is 2. The highest BCUT2D eigenvalue weighted by molar-refractivity contribution is 7.10. The summed E-state index contributed by atoms with van der Waals surface area (Å²) in [6.07, 6.45) is 0. The van der Waals surface area contributed by atoms with Crippen LogP contribution in [0.3, 0.4) is 0 Å². The van der Waals surface area contributed by atoms with E-state index in [4.69, 9.17) is 0 Å². The molecule has 0 saturated carbocycles. The van der Waals surface area contributed by atoms with E-state index in [-0.39, 0.29) is 11.8 Å². The predicted molar refractivity (Wildman–Crippen MR) is 141 cm³/mol. The molecule has 0 spiro atoms. The second kappa shape index (κ2) is 14.0. The molecule has 8 heteroatoms. The van der Waals surface area contributed by atoms with E-state index >= 15 is 0 Å². The van der Waals surface area contributed by atoms with Crippen molar-refractivity contribution in [2.24, 2.45) is 0 Å². The normalized spacial score (nSPS) is 11.2. The molecule has 2 aromatic heterocycles. The molecule has 2 amide bonds. The lowest BCUT2D eigenvalue weighted by Crippen LogP contribution is -2.36. The van der Waals surface area contributed by atoms with Crippen molar-refractivity contribution < 1.29 is 9.59 Å². The van der Waals surface area contributed by atoms with E-state index in [1.54, 1.807) is 22.7 Å². The summed E-state index contributed by atoms with van der Waals surface area (Å²) in [4.78, 5) is 31.2. The molecule has 0 bridgehead atoms. The Hall–Kier alpha value is -2.52. The second-order valence-corrected chi connectivity index (χ2v) is 10.2. The molecule has 3 rings (SSSR count). The SMILES string of the molecule is CCN(CC(=O)NCc1cccs1)Cc1ccc(CN(CC)CC(=O)NCc2cccs2)cc1. The first kappa shape index (κ1) is 26.1. The average Bonchev–Trinajstić information content (AvgIpc) is 3.56. The van der Waals surface area contributed by atoms with E-state index in [9.17, 15) is 9.59 Å². The maximum Gasteiger partial charge on any atom is 0.234 e. The Morgan fingerprint density at radius 3 is 1.44 bits per heavy atom. The quantitative estimate of drug-likeness (QED) is 0.351. The average molecular weight is 499 g/mol. The van der Waals surface area contributed by atoms with Gasteiger partial charge in [0.05, 0.1) is 26.2 Å². The lowest BCUT2D eigenvalue weighted by Gasteiger charge is -2.21. The van der Waals surface area contributed by atoms with Gasteiger partial charge >= 0.3 is 0 Å². The highest BCUT2D eigenvalue weighted by Gasteiger charge is 2.12. The maximum absolute atomic E-state index is 12.3. The molecule has 1 aromatic carbocycles. The van der Waals surface area contributed by atoms with Crippen LogP contribution >= 0.6 is 22.7 Å². The number of benzene rings is 1.